The number of rotatable bonds is 1. The minimum absolute atomic E-state index is 0.105. The van der Waals surface area contributed by atoms with Crippen molar-refractivity contribution in [3.63, 3.8) is 0 Å². The SMILES string of the molecule is CC1(C)CNC(=O)CN1C(=O)c1ccncc1. The summed E-state index contributed by atoms with van der Waals surface area (Å²) in [5.74, 6) is -0.251. The predicted molar refractivity (Wildman–Crippen MR) is 62.4 cm³/mol. The minimum atomic E-state index is -0.367. The second-order valence-corrected chi connectivity index (χ2v) is 4.72. The molecule has 1 aromatic heterocycles. The van der Waals surface area contributed by atoms with Crippen molar-refractivity contribution in [1.82, 2.24) is 15.2 Å². The van der Waals surface area contributed by atoms with E-state index in [1.54, 1.807) is 29.4 Å². The van der Waals surface area contributed by atoms with Crippen LogP contribution in [0.2, 0.25) is 0 Å². The van der Waals surface area contributed by atoms with Gasteiger partial charge in [0.1, 0.15) is 6.54 Å². The number of carbonyl (C=O) groups is 2. The monoisotopic (exact) mass is 233 g/mol. The number of hydrogen-bond donors (Lipinski definition) is 1. The first-order chi connectivity index (χ1) is 8.00. The molecule has 1 fully saturated rings. The maximum absolute atomic E-state index is 12.3. The number of nitrogens with one attached hydrogen (secondary N) is 1. The molecule has 0 saturated carbocycles. The Labute approximate surface area is 99.8 Å². The van der Waals surface area contributed by atoms with Crippen molar-refractivity contribution < 1.29 is 9.59 Å². The molecule has 0 bridgehead atoms. The fourth-order valence-electron chi connectivity index (χ4n) is 1.82. The van der Waals surface area contributed by atoms with E-state index in [0.717, 1.165) is 0 Å². The minimum Gasteiger partial charge on any atom is -0.352 e. The van der Waals surface area contributed by atoms with Gasteiger partial charge in [-0.25, -0.2) is 0 Å². The first-order valence-corrected chi connectivity index (χ1v) is 5.49. The Balaban J connectivity index is 2.26. The van der Waals surface area contributed by atoms with Gasteiger partial charge >= 0.3 is 0 Å². The molecule has 5 heteroatoms. The maximum atomic E-state index is 12.3. The molecule has 0 unspecified atom stereocenters. The van der Waals surface area contributed by atoms with Gasteiger partial charge in [0, 0.05) is 24.5 Å². The molecular weight excluding hydrogens is 218 g/mol. The van der Waals surface area contributed by atoms with Crippen LogP contribution in [-0.2, 0) is 4.79 Å². The van der Waals surface area contributed by atoms with Gasteiger partial charge in [0.2, 0.25) is 5.91 Å². The van der Waals surface area contributed by atoms with Crippen molar-refractivity contribution in [2.75, 3.05) is 13.1 Å². The Kier molecular flexibility index (Phi) is 2.83. The van der Waals surface area contributed by atoms with Crippen LogP contribution in [0.4, 0.5) is 0 Å². The molecule has 0 atom stereocenters. The number of pyridine rings is 1. The van der Waals surface area contributed by atoms with E-state index in [9.17, 15) is 9.59 Å². The Morgan fingerprint density at radius 1 is 1.41 bits per heavy atom. The van der Waals surface area contributed by atoms with Crippen molar-refractivity contribution in [3.8, 4) is 0 Å². The molecule has 1 aliphatic heterocycles. The molecular formula is C12H15N3O2. The number of hydrogen-bond acceptors (Lipinski definition) is 3. The number of aromatic nitrogens is 1. The molecule has 5 nitrogen and oxygen atoms in total. The predicted octanol–water partition coefficient (Wildman–Crippen LogP) is 0.432. The van der Waals surface area contributed by atoms with E-state index in [2.05, 4.69) is 10.3 Å². The first-order valence-electron chi connectivity index (χ1n) is 5.49. The van der Waals surface area contributed by atoms with E-state index in [-0.39, 0.29) is 23.9 Å². The quantitative estimate of drug-likeness (QED) is 0.765. The lowest BCUT2D eigenvalue weighted by atomic mass is 9.98. The van der Waals surface area contributed by atoms with E-state index >= 15 is 0 Å². The van der Waals surface area contributed by atoms with Crippen molar-refractivity contribution in [2.24, 2.45) is 0 Å². The Bertz CT molecular complexity index is 442. The van der Waals surface area contributed by atoms with Gasteiger partial charge in [-0.15, -0.1) is 0 Å². The van der Waals surface area contributed by atoms with Crippen LogP contribution in [0, 0.1) is 0 Å². The Hall–Kier alpha value is -1.91. The van der Waals surface area contributed by atoms with Gasteiger partial charge in [0.05, 0.1) is 5.54 Å². The summed E-state index contributed by atoms with van der Waals surface area (Å²) in [4.78, 5) is 29.1. The van der Waals surface area contributed by atoms with Gasteiger partial charge in [-0.05, 0) is 26.0 Å². The summed E-state index contributed by atoms with van der Waals surface area (Å²) in [6.07, 6.45) is 3.15. The Morgan fingerprint density at radius 3 is 2.71 bits per heavy atom. The van der Waals surface area contributed by atoms with E-state index in [0.29, 0.717) is 12.1 Å². The summed E-state index contributed by atoms with van der Waals surface area (Å²) < 4.78 is 0. The summed E-state index contributed by atoms with van der Waals surface area (Å²) in [5.41, 5.74) is 0.191. The van der Waals surface area contributed by atoms with Gasteiger partial charge < -0.3 is 10.2 Å². The van der Waals surface area contributed by atoms with Gasteiger partial charge in [-0.3, -0.25) is 14.6 Å². The molecule has 0 aromatic carbocycles. The highest BCUT2D eigenvalue weighted by molar-refractivity contribution is 5.97. The summed E-state index contributed by atoms with van der Waals surface area (Å²) in [7, 11) is 0. The van der Waals surface area contributed by atoms with Crippen molar-refractivity contribution >= 4 is 11.8 Å². The van der Waals surface area contributed by atoms with Crippen LogP contribution in [0.25, 0.3) is 0 Å². The molecule has 0 radical (unpaired) electrons. The molecule has 0 aliphatic carbocycles. The molecule has 1 N–H and O–H groups in total. The standard InChI is InChI=1S/C12H15N3O2/c1-12(2)8-14-10(16)7-15(12)11(17)9-3-5-13-6-4-9/h3-6H,7-8H2,1-2H3,(H,14,16). The van der Waals surface area contributed by atoms with Crippen LogP contribution >= 0.6 is 0 Å². The molecule has 90 valence electrons. The zero-order valence-corrected chi connectivity index (χ0v) is 9.93. The van der Waals surface area contributed by atoms with Crippen LogP contribution in [0.3, 0.4) is 0 Å². The highest BCUT2D eigenvalue weighted by Crippen LogP contribution is 2.19. The number of carbonyl (C=O) groups excluding carboxylic acids is 2. The van der Waals surface area contributed by atoms with E-state index in [4.69, 9.17) is 0 Å². The van der Waals surface area contributed by atoms with Crippen LogP contribution in [0.5, 0.6) is 0 Å². The van der Waals surface area contributed by atoms with Crippen LogP contribution in [-0.4, -0.2) is 40.3 Å². The second kappa shape index (κ2) is 4.16. The van der Waals surface area contributed by atoms with Gasteiger partial charge in [0.15, 0.2) is 0 Å². The van der Waals surface area contributed by atoms with Crippen LogP contribution < -0.4 is 5.32 Å². The van der Waals surface area contributed by atoms with E-state index < -0.39 is 0 Å². The molecule has 2 amide bonds. The highest BCUT2D eigenvalue weighted by atomic mass is 16.2. The molecule has 1 aliphatic rings. The van der Waals surface area contributed by atoms with Gasteiger partial charge in [-0.1, -0.05) is 0 Å². The number of nitrogens with zero attached hydrogens (tertiary/aromatic N) is 2. The topological polar surface area (TPSA) is 62.3 Å². The smallest absolute Gasteiger partial charge is 0.254 e. The number of amides is 2. The summed E-state index contributed by atoms with van der Waals surface area (Å²) in [5, 5.41) is 2.76. The van der Waals surface area contributed by atoms with Gasteiger partial charge in [-0.2, -0.15) is 0 Å². The van der Waals surface area contributed by atoms with Crippen molar-refractivity contribution in [2.45, 2.75) is 19.4 Å². The molecule has 1 saturated heterocycles. The van der Waals surface area contributed by atoms with Crippen LogP contribution in [0.1, 0.15) is 24.2 Å². The average molecular weight is 233 g/mol. The van der Waals surface area contributed by atoms with Crippen molar-refractivity contribution in [1.29, 1.82) is 0 Å². The number of piperazine rings is 1. The normalized spacial score (nSPS) is 18.7. The molecule has 0 spiro atoms. The van der Waals surface area contributed by atoms with E-state index in [1.807, 2.05) is 13.8 Å². The molecule has 2 rings (SSSR count). The summed E-state index contributed by atoms with van der Waals surface area (Å²) in [6.45, 7) is 4.45. The lowest BCUT2D eigenvalue weighted by molar-refractivity contribution is -0.126. The third-order valence-corrected chi connectivity index (χ3v) is 2.92. The highest BCUT2D eigenvalue weighted by Gasteiger charge is 2.36. The average Bonchev–Trinajstić information content (AvgIpc) is 2.33. The second-order valence-electron chi connectivity index (χ2n) is 4.72. The fraction of sp³-hybridized carbons (Fsp3) is 0.417. The van der Waals surface area contributed by atoms with Gasteiger partial charge in [0.25, 0.3) is 5.91 Å². The lowest BCUT2D eigenvalue weighted by Crippen LogP contribution is -2.62. The first kappa shape index (κ1) is 11.6. The summed E-state index contributed by atoms with van der Waals surface area (Å²) >= 11 is 0. The zero-order chi connectivity index (χ0) is 12.5. The largest absolute Gasteiger partial charge is 0.352 e. The molecule has 2 heterocycles. The Morgan fingerprint density at radius 2 is 2.06 bits per heavy atom. The summed E-state index contributed by atoms with van der Waals surface area (Å²) in [6, 6.07) is 3.32. The van der Waals surface area contributed by atoms with E-state index in [1.165, 1.54) is 0 Å². The third-order valence-electron chi connectivity index (χ3n) is 2.92. The lowest BCUT2D eigenvalue weighted by Gasteiger charge is -2.42. The maximum Gasteiger partial charge on any atom is 0.254 e. The van der Waals surface area contributed by atoms with Crippen molar-refractivity contribution in [3.05, 3.63) is 30.1 Å². The fourth-order valence-corrected chi connectivity index (χ4v) is 1.82. The zero-order valence-electron chi connectivity index (χ0n) is 9.93. The molecule has 1 aromatic rings. The third kappa shape index (κ3) is 2.27. The van der Waals surface area contributed by atoms with Crippen LogP contribution in [0.15, 0.2) is 24.5 Å². The molecule has 17 heavy (non-hydrogen) atoms.